The number of anilines is 1. The van der Waals surface area contributed by atoms with Crippen LogP contribution in [0.15, 0.2) is 18.2 Å². The number of carboxylic acids is 1. The third-order valence-electron chi connectivity index (χ3n) is 3.16. The summed E-state index contributed by atoms with van der Waals surface area (Å²) >= 11 is 0. The maximum Gasteiger partial charge on any atom is 0.303 e. The third kappa shape index (κ3) is 3.47. The number of imidazole rings is 1. The highest BCUT2D eigenvalue weighted by atomic mass is 16.4. The number of fused-ring (bicyclic) bond motifs is 1. The molecule has 0 aliphatic rings. The fraction of sp³-hybridized carbons (Fsp3) is 0.429. The summed E-state index contributed by atoms with van der Waals surface area (Å²) < 4.78 is 0. The standard InChI is InChI=1S/C14H19N3O2/c1-10-15-12-7-6-11(9-13(12)16-10)17(2)8-4-3-5-14(18)19/h6-7,9H,3-5,8H2,1-2H3,(H,15,16)(H,18,19). The normalized spacial score (nSPS) is 10.8. The van der Waals surface area contributed by atoms with Gasteiger partial charge in [0.15, 0.2) is 0 Å². The number of aliphatic carboxylic acids is 1. The van der Waals surface area contributed by atoms with Crippen molar-refractivity contribution < 1.29 is 9.90 Å². The predicted octanol–water partition coefficient (Wildman–Crippen LogP) is 2.56. The summed E-state index contributed by atoms with van der Waals surface area (Å²) in [5.41, 5.74) is 3.12. The van der Waals surface area contributed by atoms with E-state index in [9.17, 15) is 4.79 Å². The molecule has 0 aliphatic carbocycles. The van der Waals surface area contributed by atoms with E-state index in [1.165, 1.54) is 0 Å². The lowest BCUT2D eigenvalue weighted by Crippen LogP contribution is -2.18. The van der Waals surface area contributed by atoms with Crippen molar-refractivity contribution in [2.24, 2.45) is 0 Å². The number of nitrogens with zero attached hydrogens (tertiary/aromatic N) is 2. The van der Waals surface area contributed by atoms with Crippen LogP contribution in [0.2, 0.25) is 0 Å². The van der Waals surface area contributed by atoms with E-state index >= 15 is 0 Å². The third-order valence-corrected chi connectivity index (χ3v) is 3.16. The topological polar surface area (TPSA) is 69.2 Å². The van der Waals surface area contributed by atoms with Crippen molar-refractivity contribution in [2.75, 3.05) is 18.5 Å². The van der Waals surface area contributed by atoms with E-state index in [0.29, 0.717) is 6.42 Å². The molecule has 2 N–H and O–H groups in total. The van der Waals surface area contributed by atoms with Gasteiger partial charge in [-0.25, -0.2) is 4.98 Å². The Morgan fingerprint density at radius 3 is 2.95 bits per heavy atom. The summed E-state index contributed by atoms with van der Waals surface area (Å²) in [7, 11) is 2.02. The van der Waals surface area contributed by atoms with Crippen molar-refractivity contribution in [3.8, 4) is 0 Å². The highest BCUT2D eigenvalue weighted by Crippen LogP contribution is 2.20. The van der Waals surface area contributed by atoms with Crippen LogP contribution in [-0.2, 0) is 4.79 Å². The lowest BCUT2D eigenvalue weighted by molar-refractivity contribution is -0.137. The quantitative estimate of drug-likeness (QED) is 0.784. The van der Waals surface area contributed by atoms with Gasteiger partial charge in [0.1, 0.15) is 5.82 Å². The number of hydrogen-bond acceptors (Lipinski definition) is 3. The van der Waals surface area contributed by atoms with Gasteiger partial charge in [0.05, 0.1) is 11.0 Å². The Hall–Kier alpha value is -2.04. The average Bonchev–Trinajstić information content (AvgIpc) is 2.73. The van der Waals surface area contributed by atoms with Gasteiger partial charge < -0.3 is 15.0 Å². The molecular weight excluding hydrogens is 242 g/mol. The molecule has 0 amide bonds. The Morgan fingerprint density at radius 1 is 1.42 bits per heavy atom. The molecule has 0 unspecified atom stereocenters. The molecule has 0 radical (unpaired) electrons. The van der Waals surface area contributed by atoms with Crippen LogP contribution in [0.3, 0.4) is 0 Å². The molecule has 5 heteroatoms. The van der Waals surface area contributed by atoms with Gasteiger partial charge in [-0.3, -0.25) is 4.79 Å². The first kappa shape index (κ1) is 13.4. The van der Waals surface area contributed by atoms with Crippen LogP contribution in [0.1, 0.15) is 25.1 Å². The van der Waals surface area contributed by atoms with E-state index in [4.69, 9.17) is 5.11 Å². The number of hydrogen-bond donors (Lipinski definition) is 2. The monoisotopic (exact) mass is 261 g/mol. The molecule has 0 aliphatic heterocycles. The number of aromatic nitrogens is 2. The lowest BCUT2D eigenvalue weighted by Gasteiger charge is -2.19. The molecule has 2 aromatic rings. The van der Waals surface area contributed by atoms with Crippen molar-refractivity contribution in [1.82, 2.24) is 9.97 Å². The minimum Gasteiger partial charge on any atom is -0.481 e. The Balaban J connectivity index is 1.96. The molecule has 2 rings (SSSR count). The van der Waals surface area contributed by atoms with Crippen molar-refractivity contribution in [3.63, 3.8) is 0 Å². The van der Waals surface area contributed by atoms with Crippen LogP contribution in [0.4, 0.5) is 5.69 Å². The SMILES string of the molecule is Cc1nc2ccc(N(C)CCCCC(=O)O)cc2[nH]1. The van der Waals surface area contributed by atoms with Gasteiger partial charge in [-0.05, 0) is 38.0 Å². The van der Waals surface area contributed by atoms with Crippen molar-refractivity contribution in [3.05, 3.63) is 24.0 Å². The van der Waals surface area contributed by atoms with Crippen LogP contribution >= 0.6 is 0 Å². The first-order valence-electron chi connectivity index (χ1n) is 6.45. The zero-order chi connectivity index (χ0) is 13.8. The molecule has 19 heavy (non-hydrogen) atoms. The Labute approximate surface area is 112 Å². The summed E-state index contributed by atoms with van der Waals surface area (Å²) in [6, 6.07) is 6.12. The second kappa shape index (κ2) is 5.73. The minimum atomic E-state index is -0.725. The van der Waals surface area contributed by atoms with E-state index in [0.717, 1.165) is 35.5 Å². The summed E-state index contributed by atoms with van der Waals surface area (Å²) in [5, 5.41) is 8.59. The molecule has 1 aromatic heterocycles. The second-order valence-electron chi connectivity index (χ2n) is 4.80. The lowest BCUT2D eigenvalue weighted by atomic mass is 10.2. The largest absolute Gasteiger partial charge is 0.481 e. The molecule has 0 bridgehead atoms. The average molecular weight is 261 g/mol. The van der Waals surface area contributed by atoms with Crippen LogP contribution in [0, 0.1) is 6.92 Å². The number of carboxylic acid groups (broad SMARTS) is 1. The first-order chi connectivity index (χ1) is 9.06. The molecular formula is C14H19N3O2. The number of H-pyrrole nitrogens is 1. The van der Waals surface area contributed by atoms with Crippen LogP contribution < -0.4 is 4.90 Å². The molecule has 0 atom stereocenters. The summed E-state index contributed by atoms with van der Waals surface area (Å²) in [4.78, 5) is 20.2. The van der Waals surface area contributed by atoms with E-state index in [-0.39, 0.29) is 6.42 Å². The highest BCUT2D eigenvalue weighted by molar-refractivity contribution is 5.79. The molecule has 1 heterocycles. The van der Waals surface area contributed by atoms with Crippen LogP contribution in [0.5, 0.6) is 0 Å². The predicted molar refractivity (Wildman–Crippen MR) is 75.6 cm³/mol. The number of carbonyl (C=O) groups is 1. The van der Waals surface area contributed by atoms with E-state index in [1.807, 2.05) is 26.1 Å². The van der Waals surface area contributed by atoms with Gasteiger partial charge >= 0.3 is 5.97 Å². The van der Waals surface area contributed by atoms with Gasteiger partial charge in [-0.2, -0.15) is 0 Å². The smallest absolute Gasteiger partial charge is 0.303 e. The van der Waals surface area contributed by atoms with Gasteiger partial charge in [-0.15, -0.1) is 0 Å². The number of unbranched alkanes of at least 4 members (excludes halogenated alkanes) is 1. The van der Waals surface area contributed by atoms with Crippen LogP contribution in [0.25, 0.3) is 11.0 Å². The summed E-state index contributed by atoms with van der Waals surface area (Å²) in [5.74, 6) is 0.188. The highest BCUT2D eigenvalue weighted by Gasteiger charge is 2.05. The number of aryl methyl sites for hydroxylation is 1. The van der Waals surface area contributed by atoms with E-state index in [1.54, 1.807) is 0 Å². The number of rotatable bonds is 6. The van der Waals surface area contributed by atoms with Gasteiger partial charge in [0.2, 0.25) is 0 Å². The van der Waals surface area contributed by atoms with Crippen molar-refractivity contribution >= 4 is 22.7 Å². The summed E-state index contributed by atoms with van der Waals surface area (Å²) in [6.07, 6.45) is 1.83. The minimum absolute atomic E-state index is 0.243. The molecule has 1 aromatic carbocycles. The first-order valence-corrected chi connectivity index (χ1v) is 6.45. The molecule has 0 fully saturated rings. The van der Waals surface area contributed by atoms with Crippen molar-refractivity contribution in [1.29, 1.82) is 0 Å². The Morgan fingerprint density at radius 2 is 2.21 bits per heavy atom. The maximum atomic E-state index is 10.4. The number of nitrogens with one attached hydrogen (secondary N) is 1. The van der Waals surface area contributed by atoms with Crippen molar-refractivity contribution in [2.45, 2.75) is 26.2 Å². The van der Waals surface area contributed by atoms with Gasteiger partial charge in [0.25, 0.3) is 0 Å². The molecule has 0 spiro atoms. The maximum absolute atomic E-state index is 10.4. The molecule has 5 nitrogen and oxygen atoms in total. The number of aromatic amines is 1. The molecule has 0 saturated carbocycles. The fourth-order valence-corrected chi connectivity index (χ4v) is 2.12. The number of benzene rings is 1. The Kier molecular flexibility index (Phi) is 4.04. The second-order valence-corrected chi connectivity index (χ2v) is 4.80. The molecule has 0 saturated heterocycles. The zero-order valence-corrected chi connectivity index (χ0v) is 11.3. The summed E-state index contributed by atoms with van der Waals surface area (Å²) in [6.45, 7) is 2.79. The fourth-order valence-electron chi connectivity index (χ4n) is 2.12. The van der Waals surface area contributed by atoms with Crippen LogP contribution in [-0.4, -0.2) is 34.6 Å². The van der Waals surface area contributed by atoms with Gasteiger partial charge in [-0.1, -0.05) is 0 Å². The van der Waals surface area contributed by atoms with E-state index < -0.39 is 5.97 Å². The molecule has 102 valence electrons. The van der Waals surface area contributed by atoms with E-state index in [2.05, 4.69) is 20.9 Å². The Bertz CT molecular complexity index is 577. The zero-order valence-electron chi connectivity index (χ0n) is 11.3. The van der Waals surface area contributed by atoms with Gasteiger partial charge in [0, 0.05) is 25.7 Å².